The Balaban J connectivity index is 2.06. The lowest BCUT2D eigenvalue weighted by Gasteiger charge is -2.03. The molecule has 1 saturated heterocycles. The quantitative estimate of drug-likeness (QED) is 0.388. The number of hydrogen-bond acceptors (Lipinski definition) is 3. The Morgan fingerprint density at radius 1 is 1.12 bits per heavy atom. The van der Waals surface area contributed by atoms with Gasteiger partial charge in [-0.2, -0.15) is 0 Å². The van der Waals surface area contributed by atoms with Gasteiger partial charge in [-0.05, 0) is 41.8 Å². The summed E-state index contributed by atoms with van der Waals surface area (Å²) in [4.78, 5) is 23.1. The van der Waals surface area contributed by atoms with E-state index in [0.29, 0.717) is 4.91 Å². The molecule has 1 fully saturated rings. The highest BCUT2D eigenvalue weighted by atomic mass is 32.2. The van der Waals surface area contributed by atoms with Crippen molar-refractivity contribution in [2.45, 2.75) is 39.0 Å². The Bertz CT molecular complexity index is 659. The topological polar surface area (TPSA) is 46.2 Å². The van der Waals surface area contributed by atoms with Gasteiger partial charge in [0.1, 0.15) is 0 Å². The lowest BCUT2D eigenvalue weighted by Crippen LogP contribution is -2.17. The molecule has 24 heavy (non-hydrogen) atoms. The third-order valence-electron chi connectivity index (χ3n) is 3.67. The lowest BCUT2D eigenvalue weighted by molar-refractivity contribution is -0.115. The summed E-state index contributed by atoms with van der Waals surface area (Å²) in [5, 5.41) is 1.96. The maximum Gasteiger partial charge on any atom is 0.290 e. The summed E-state index contributed by atoms with van der Waals surface area (Å²) in [5.74, 6) is -0.314. The molecule has 0 spiro atoms. The van der Waals surface area contributed by atoms with E-state index in [-0.39, 0.29) is 11.1 Å². The van der Waals surface area contributed by atoms with Gasteiger partial charge in [-0.3, -0.25) is 14.9 Å². The van der Waals surface area contributed by atoms with E-state index in [0.717, 1.165) is 24.6 Å². The van der Waals surface area contributed by atoms with E-state index in [1.54, 1.807) is 6.08 Å². The largest absolute Gasteiger partial charge is 0.290 e. The fourth-order valence-electron chi connectivity index (χ4n) is 2.42. The molecule has 0 atom stereocenters. The normalized spacial score (nSPS) is 17.0. The molecular weight excluding hydrogens is 318 g/mol. The second kappa shape index (κ2) is 9.93. The molecule has 1 aromatic rings. The summed E-state index contributed by atoms with van der Waals surface area (Å²) in [6.07, 6.45) is 13.6. The van der Waals surface area contributed by atoms with Gasteiger partial charge in [0.15, 0.2) is 0 Å². The first-order chi connectivity index (χ1) is 11.7. The average molecular weight is 341 g/mol. The smallest absolute Gasteiger partial charge is 0.282 e. The third-order valence-corrected chi connectivity index (χ3v) is 4.50. The molecule has 0 unspecified atom stereocenters. The molecule has 1 aromatic carbocycles. The van der Waals surface area contributed by atoms with Crippen molar-refractivity contribution in [2.24, 2.45) is 0 Å². The summed E-state index contributed by atoms with van der Waals surface area (Å²) >= 11 is 0.945. The summed E-state index contributed by atoms with van der Waals surface area (Å²) in [6, 6.07) is 10.2. The molecule has 126 valence electrons. The number of nitrogens with one attached hydrogen (secondary N) is 1. The molecule has 1 aliphatic rings. The van der Waals surface area contributed by atoms with Crippen molar-refractivity contribution in [2.75, 3.05) is 0 Å². The van der Waals surface area contributed by atoms with Gasteiger partial charge in [-0.25, -0.2) is 0 Å². The van der Waals surface area contributed by atoms with Crippen LogP contribution >= 0.6 is 11.8 Å². The van der Waals surface area contributed by atoms with Gasteiger partial charge in [0.05, 0.1) is 4.91 Å². The Kier molecular flexibility index (Phi) is 7.56. The van der Waals surface area contributed by atoms with Crippen LogP contribution in [0.2, 0.25) is 0 Å². The first-order valence-corrected chi connectivity index (χ1v) is 9.18. The molecule has 0 radical (unpaired) electrons. The van der Waals surface area contributed by atoms with Crippen LogP contribution in [0.4, 0.5) is 4.79 Å². The van der Waals surface area contributed by atoms with Crippen LogP contribution in [0.5, 0.6) is 0 Å². The number of rotatable bonds is 8. The number of benzene rings is 1. The molecule has 0 bridgehead atoms. The Hall–Kier alpha value is -2.07. The molecular formula is C20H23NO2S. The van der Waals surface area contributed by atoms with Crippen LogP contribution in [0.3, 0.4) is 0 Å². The van der Waals surface area contributed by atoms with Gasteiger partial charge in [0, 0.05) is 0 Å². The molecule has 2 rings (SSSR count). The van der Waals surface area contributed by atoms with Crippen molar-refractivity contribution in [3.8, 4) is 0 Å². The van der Waals surface area contributed by atoms with Gasteiger partial charge in [-0.1, -0.05) is 74.7 Å². The van der Waals surface area contributed by atoms with Gasteiger partial charge < -0.3 is 0 Å². The van der Waals surface area contributed by atoms with Gasteiger partial charge >= 0.3 is 0 Å². The average Bonchev–Trinajstić information content (AvgIpc) is 2.90. The van der Waals surface area contributed by atoms with Crippen molar-refractivity contribution in [1.82, 2.24) is 5.32 Å². The minimum atomic E-state index is -0.314. The van der Waals surface area contributed by atoms with E-state index < -0.39 is 0 Å². The van der Waals surface area contributed by atoms with Crippen LogP contribution < -0.4 is 5.32 Å². The predicted molar refractivity (Wildman–Crippen MR) is 102 cm³/mol. The fraction of sp³-hybridized carbons (Fsp3) is 0.300. The van der Waals surface area contributed by atoms with Crippen LogP contribution in [0, 0.1) is 0 Å². The number of allylic oxidation sites excluding steroid dienone is 4. The number of thioether (sulfide) groups is 1. The number of unbranched alkanes of at least 4 members (excludes halogenated alkanes) is 3. The highest BCUT2D eigenvalue weighted by molar-refractivity contribution is 8.18. The highest BCUT2D eigenvalue weighted by Gasteiger charge is 2.24. The Labute approximate surface area is 147 Å². The summed E-state index contributed by atoms with van der Waals surface area (Å²) < 4.78 is 0. The third kappa shape index (κ3) is 6.20. The van der Waals surface area contributed by atoms with E-state index in [9.17, 15) is 9.59 Å². The van der Waals surface area contributed by atoms with Crippen molar-refractivity contribution in [1.29, 1.82) is 0 Å². The van der Waals surface area contributed by atoms with E-state index in [1.807, 2.05) is 30.4 Å². The van der Waals surface area contributed by atoms with Crippen LogP contribution in [-0.4, -0.2) is 11.1 Å². The molecule has 4 heteroatoms. The van der Waals surface area contributed by atoms with E-state index in [4.69, 9.17) is 0 Å². The number of amides is 2. The van der Waals surface area contributed by atoms with Crippen LogP contribution in [-0.2, 0) is 4.79 Å². The lowest BCUT2D eigenvalue weighted by atomic mass is 10.0. The SMILES string of the molecule is CCCCCCC(C=CC=C1SC(=O)NC1=O)=Cc1ccccc1. The molecule has 1 heterocycles. The minimum absolute atomic E-state index is 0.306. The monoisotopic (exact) mass is 341 g/mol. The van der Waals surface area contributed by atoms with E-state index >= 15 is 0 Å². The number of carbonyl (C=O) groups excluding carboxylic acids is 2. The van der Waals surface area contributed by atoms with Gasteiger partial charge in [0.2, 0.25) is 0 Å². The predicted octanol–water partition coefficient (Wildman–Crippen LogP) is 5.46. The number of carbonyl (C=O) groups is 2. The first kappa shape index (κ1) is 18.3. The molecule has 1 N–H and O–H groups in total. The van der Waals surface area contributed by atoms with Crippen molar-refractivity contribution < 1.29 is 9.59 Å². The molecule has 2 amide bonds. The van der Waals surface area contributed by atoms with E-state index in [1.165, 1.54) is 30.4 Å². The number of imide groups is 1. The molecule has 0 aliphatic carbocycles. The Morgan fingerprint density at radius 2 is 1.92 bits per heavy atom. The van der Waals surface area contributed by atoms with Crippen LogP contribution in [0.1, 0.15) is 44.6 Å². The van der Waals surface area contributed by atoms with Crippen LogP contribution in [0.25, 0.3) is 6.08 Å². The minimum Gasteiger partial charge on any atom is -0.282 e. The Morgan fingerprint density at radius 3 is 2.58 bits per heavy atom. The summed E-state index contributed by atoms with van der Waals surface area (Å²) in [7, 11) is 0. The number of hydrogen-bond donors (Lipinski definition) is 1. The highest BCUT2D eigenvalue weighted by Crippen LogP contribution is 2.23. The van der Waals surface area contributed by atoms with Crippen molar-refractivity contribution in [3.63, 3.8) is 0 Å². The maximum atomic E-state index is 11.5. The zero-order valence-electron chi connectivity index (χ0n) is 14.0. The standard InChI is InChI=1S/C20H23NO2S/c1-2-3-4-6-10-17(15-16-11-7-5-8-12-16)13-9-14-18-19(22)21-20(23)24-18/h5,7-9,11-15H,2-4,6,10H2,1H3,(H,21,22,23). The zero-order chi connectivity index (χ0) is 17.2. The molecule has 0 saturated carbocycles. The van der Waals surface area contributed by atoms with Crippen LogP contribution in [0.15, 0.2) is 59.0 Å². The fourth-order valence-corrected chi connectivity index (χ4v) is 3.05. The first-order valence-electron chi connectivity index (χ1n) is 8.36. The maximum absolute atomic E-state index is 11.5. The van der Waals surface area contributed by atoms with Crippen molar-refractivity contribution >= 4 is 29.0 Å². The molecule has 0 aromatic heterocycles. The second-order valence-electron chi connectivity index (χ2n) is 5.67. The second-order valence-corrected chi connectivity index (χ2v) is 6.69. The van der Waals surface area contributed by atoms with Gasteiger partial charge in [0.25, 0.3) is 11.1 Å². The molecule has 3 nitrogen and oxygen atoms in total. The summed E-state index contributed by atoms with van der Waals surface area (Å²) in [6.45, 7) is 2.21. The molecule has 1 aliphatic heterocycles. The van der Waals surface area contributed by atoms with Gasteiger partial charge in [-0.15, -0.1) is 0 Å². The van der Waals surface area contributed by atoms with E-state index in [2.05, 4.69) is 30.4 Å². The summed E-state index contributed by atoms with van der Waals surface area (Å²) in [5.41, 5.74) is 2.40. The zero-order valence-corrected chi connectivity index (χ0v) is 14.8. The van der Waals surface area contributed by atoms with Crippen molar-refractivity contribution in [3.05, 3.63) is 64.6 Å².